The van der Waals surface area contributed by atoms with E-state index in [0.717, 1.165) is 24.5 Å². The zero-order valence-corrected chi connectivity index (χ0v) is 16.9. The van der Waals surface area contributed by atoms with Crippen molar-refractivity contribution in [3.8, 4) is 11.5 Å². The molecule has 0 bridgehead atoms. The zero-order valence-electron chi connectivity index (χ0n) is 16.9. The standard InChI is InChI=1S/C21H32N2O3/c1-14(2)18(11-26-21(4,5)6)22-12-23-8-7-16-9-19-20(25-13-24-19)10-17(16)15(23)3/h9-10,12,14-15,18H,7-8,11,13H2,1-6H3/t15-,18+/m0/s1. The van der Waals surface area contributed by atoms with Crippen LogP contribution in [-0.2, 0) is 11.2 Å². The zero-order chi connectivity index (χ0) is 18.9. The fourth-order valence-electron chi connectivity index (χ4n) is 3.30. The van der Waals surface area contributed by atoms with Crippen LogP contribution in [0.2, 0.25) is 0 Å². The van der Waals surface area contributed by atoms with Gasteiger partial charge in [-0.1, -0.05) is 13.8 Å². The molecule has 0 unspecified atom stereocenters. The van der Waals surface area contributed by atoms with Crippen LogP contribution in [0.4, 0.5) is 0 Å². The van der Waals surface area contributed by atoms with Crippen LogP contribution in [-0.4, -0.2) is 42.8 Å². The molecule has 0 spiro atoms. The Balaban J connectivity index is 1.70. The summed E-state index contributed by atoms with van der Waals surface area (Å²) in [5, 5.41) is 0. The van der Waals surface area contributed by atoms with Gasteiger partial charge >= 0.3 is 0 Å². The van der Waals surface area contributed by atoms with Gasteiger partial charge in [0.25, 0.3) is 0 Å². The number of fused-ring (bicyclic) bond motifs is 2. The van der Waals surface area contributed by atoms with Crippen molar-refractivity contribution in [1.82, 2.24) is 4.90 Å². The summed E-state index contributed by atoms with van der Waals surface area (Å²) in [6, 6.07) is 4.70. The van der Waals surface area contributed by atoms with E-state index in [2.05, 4.69) is 58.6 Å². The van der Waals surface area contributed by atoms with Gasteiger partial charge in [0, 0.05) is 6.54 Å². The first-order valence-corrected chi connectivity index (χ1v) is 9.60. The Bertz CT molecular complexity index is 664. The highest BCUT2D eigenvalue weighted by Crippen LogP contribution is 2.39. The highest BCUT2D eigenvalue weighted by atomic mass is 16.7. The van der Waals surface area contributed by atoms with E-state index in [1.54, 1.807) is 0 Å². The maximum Gasteiger partial charge on any atom is 0.231 e. The average molecular weight is 360 g/mol. The molecule has 5 heteroatoms. The molecule has 0 radical (unpaired) electrons. The molecular formula is C21H32N2O3. The van der Waals surface area contributed by atoms with E-state index in [1.165, 1.54) is 11.1 Å². The van der Waals surface area contributed by atoms with Crippen molar-refractivity contribution in [2.45, 2.75) is 65.6 Å². The van der Waals surface area contributed by atoms with Crippen molar-refractivity contribution in [2.75, 3.05) is 19.9 Å². The number of aliphatic imine (C=N–C) groups is 1. The Labute approximate surface area is 157 Å². The molecule has 2 heterocycles. The molecule has 0 aliphatic carbocycles. The lowest BCUT2D eigenvalue weighted by molar-refractivity contribution is -0.0145. The fraction of sp³-hybridized carbons (Fsp3) is 0.667. The maximum absolute atomic E-state index is 5.96. The van der Waals surface area contributed by atoms with Crippen molar-refractivity contribution in [2.24, 2.45) is 10.9 Å². The first-order valence-electron chi connectivity index (χ1n) is 9.60. The Morgan fingerprint density at radius 3 is 2.62 bits per heavy atom. The second-order valence-corrected chi connectivity index (χ2v) is 8.57. The molecule has 0 saturated carbocycles. The molecule has 1 aromatic carbocycles. The molecule has 0 saturated heterocycles. The van der Waals surface area contributed by atoms with E-state index in [0.29, 0.717) is 19.3 Å². The lowest BCUT2D eigenvalue weighted by Gasteiger charge is -2.34. The Morgan fingerprint density at radius 2 is 1.96 bits per heavy atom. The highest BCUT2D eigenvalue weighted by Gasteiger charge is 2.26. The quantitative estimate of drug-likeness (QED) is 0.583. The Morgan fingerprint density at radius 1 is 1.27 bits per heavy atom. The number of hydrogen-bond donors (Lipinski definition) is 0. The number of ether oxygens (including phenoxy) is 3. The minimum Gasteiger partial charge on any atom is -0.454 e. The van der Waals surface area contributed by atoms with Gasteiger partial charge in [0.1, 0.15) is 0 Å². The molecule has 2 aliphatic rings. The van der Waals surface area contributed by atoms with Gasteiger partial charge in [-0.3, -0.25) is 4.99 Å². The van der Waals surface area contributed by atoms with Gasteiger partial charge in [-0.05, 0) is 63.3 Å². The molecule has 5 nitrogen and oxygen atoms in total. The minimum atomic E-state index is -0.136. The van der Waals surface area contributed by atoms with Crippen LogP contribution < -0.4 is 9.47 Å². The number of nitrogens with zero attached hydrogens (tertiary/aromatic N) is 2. The lowest BCUT2D eigenvalue weighted by atomic mass is 9.93. The monoisotopic (exact) mass is 360 g/mol. The molecule has 0 amide bonds. The number of rotatable bonds is 5. The van der Waals surface area contributed by atoms with E-state index in [1.807, 2.05) is 6.34 Å². The van der Waals surface area contributed by atoms with Crippen LogP contribution in [0.3, 0.4) is 0 Å². The van der Waals surface area contributed by atoms with E-state index >= 15 is 0 Å². The van der Waals surface area contributed by atoms with Crippen LogP contribution >= 0.6 is 0 Å². The van der Waals surface area contributed by atoms with Crippen LogP contribution in [0.15, 0.2) is 17.1 Å². The number of benzene rings is 1. The fourth-order valence-corrected chi connectivity index (χ4v) is 3.30. The lowest BCUT2D eigenvalue weighted by Crippen LogP contribution is -2.34. The predicted octanol–water partition coefficient (Wildman–Crippen LogP) is 4.20. The summed E-state index contributed by atoms with van der Waals surface area (Å²) in [5.74, 6) is 2.17. The highest BCUT2D eigenvalue weighted by molar-refractivity contribution is 5.59. The smallest absolute Gasteiger partial charge is 0.231 e. The summed E-state index contributed by atoms with van der Waals surface area (Å²) in [7, 11) is 0. The van der Waals surface area contributed by atoms with Gasteiger partial charge < -0.3 is 19.1 Å². The van der Waals surface area contributed by atoms with Crippen molar-refractivity contribution >= 4 is 6.34 Å². The first kappa shape index (κ1) is 19.0. The molecule has 1 aromatic rings. The second-order valence-electron chi connectivity index (χ2n) is 8.57. The predicted molar refractivity (Wildman–Crippen MR) is 104 cm³/mol. The molecular weight excluding hydrogens is 328 g/mol. The maximum atomic E-state index is 5.96. The third-order valence-corrected chi connectivity index (χ3v) is 5.08. The average Bonchev–Trinajstić information content (AvgIpc) is 3.01. The van der Waals surface area contributed by atoms with Crippen LogP contribution in [0.25, 0.3) is 0 Å². The van der Waals surface area contributed by atoms with Crippen LogP contribution in [0.5, 0.6) is 11.5 Å². The molecule has 2 atom stereocenters. The third-order valence-electron chi connectivity index (χ3n) is 5.08. The van der Waals surface area contributed by atoms with Crippen molar-refractivity contribution < 1.29 is 14.2 Å². The summed E-state index contributed by atoms with van der Waals surface area (Å²) in [5.41, 5.74) is 2.52. The van der Waals surface area contributed by atoms with E-state index < -0.39 is 0 Å². The molecule has 0 N–H and O–H groups in total. The SMILES string of the molecule is CC(C)[C@@H](COC(C)(C)C)N=CN1CCc2cc3c(cc2[C@@H]1C)OCO3. The summed E-state index contributed by atoms with van der Waals surface area (Å²) in [4.78, 5) is 7.18. The molecule has 0 fully saturated rings. The Hall–Kier alpha value is -1.75. The van der Waals surface area contributed by atoms with E-state index in [9.17, 15) is 0 Å². The van der Waals surface area contributed by atoms with Crippen molar-refractivity contribution in [3.63, 3.8) is 0 Å². The van der Waals surface area contributed by atoms with E-state index in [-0.39, 0.29) is 17.7 Å². The summed E-state index contributed by atoms with van der Waals surface area (Å²) < 4.78 is 17.0. The van der Waals surface area contributed by atoms with Crippen molar-refractivity contribution in [3.05, 3.63) is 23.3 Å². The molecule has 3 rings (SSSR count). The van der Waals surface area contributed by atoms with Gasteiger partial charge in [-0.25, -0.2) is 0 Å². The topological polar surface area (TPSA) is 43.3 Å². The molecule has 0 aromatic heterocycles. The van der Waals surface area contributed by atoms with Crippen molar-refractivity contribution in [1.29, 1.82) is 0 Å². The van der Waals surface area contributed by atoms with Crippen LogP contribution in [0.1, 0.15) is 58.7 Å². The summed E-state index contributed by atoms with van der Waals surface area (Å²) in [6.45, 7) is 14.8. The van der Waals surface area contributed by atoms with Gasteiger partial charge in [0.15, 0.2) is 11.5 Å². The molecule has 2 aliphatic heterocycles. The number of hydrogen-bond acceptors (Lipinski definition) is 4. The summed E-state index contributed by atoms with van der Waals surface area (Å²) in [6.07, 6.45) is 3.02. The van der Waals surface area contributed by atoms with Gasteiger partial charge in [0.05, 0.1) is 30.6 Å². The van der Waals surface area contributed by atoms with Gasteiger partial charge in [-0.15, -0.1) is 0 Å². The van der Waals surface area contributed by atoms with Gasteiger partial charge in [0.2, 0.25) is 6.79 Å². The largest absolute Gasteiger partial charge is 0.454 e. The Kier molecular flexibility index (Phi) is 5.47. The van der Waals surface area contributed by atoms with E-state index in [4.69, 9.17) is 19.2 Å². The second kappa shape index (κ2) is 7.47. The third kappa shape index (κ3) is 4.32. The first-order chi connectivity index (χ1) is 12.2. The normalized spacial score (nSPS) is 20.7. The minimum absolute atomic E-state index is 0.136. The van der Waals surface area contributed by atoms with Gasteiger partial charge in [-0.2, -0.15) is 0 Å². The molecule has 144 valence electrons. The molecule has 26 heavy (non-hydrogen) atoms. The summed E-state index contributed by atoms with van der Waals surface area (Å²) >= 11 is 0. The van der Waals surface area contributed by atoms with Crippen LogP contribution in [0, 0.1) is 5.92 Å².